The fourth-order valence-electron chi connectivity index (χ4n) is 2.90. The molecule has 0 saturated heterocycles. The first-order valence-electron chi connectivity index (χ1n) is 9.21. The Kier molecular flexibility index (Phi) is 7.59. The number of benzene rings is 1. The van der Waals surface area contributed by atoms with E-state index in [1.165, 1.54) is 0 Å². The Hall–Kier alpha value is -1.46. The normalized spacial score (nSPS) is 13.2. The Labute approximate surface area is 154 Å². The zero-order valence-corrected chi connectivity index (χ0v) is 16.9. The van der Waals surface area contributed by atoms with Crippen LogP contribution in [0, 0.1) is 6.92 Å². The van der Waals surface area contributed by atoms with E-state index in [4.69, 9.17) is 9.05 Å². The van der Waals surface area contributed by atoms with Crippen LogP contribution in [0.1, 0.15) is 50.5 Å². The number of fused-ring (bicyclic) bond motifs is 1. The summed E-state index contributed by atoms with van der Waals surface area (Å²) in [4.78, 5) is 15.6. The molecule has 2 aromatic rings. The van der Waals surface area contributed by atoms with E-state index < -0.39 is 13.4 Å². The molecule has 1 aromatic heterocycles. The zero-order valence-electron chi connectivity index (χ0n) is 16.0. The minimum Gasteiger partial charge on any atom is -0.322 e. The Morgan fingerprint density at radius 2 is 1.85 bits per heavy atom. The minimum absolute atomic E-state index is 0.244. The summed E-state index contributed by atoms with van der Waals surface area (Å²) in [6.07, 6.45) is 1.89. The molecule has 0 aliphatic carbocycles. The summed E-state index contributed by atoms with van der Waals surface area (Å²) >= 11 is 0. The Morgan fingerprint density at radius 1 is 1.15 bits per heavy atom. The molecule has 1 heterocycles. The van der Waals surface area contributed by atoms with Crippen LogP contribution in [0.4, 0.5) is 0 Å². The Bertz CT molecular complexity index is 824. The molecule has 0 amide bonds. The first-order chi connectivity index (χ1) is 12.4. The molecule has 2 rings (SSSR count). The van der Waals surface area contributed by atoms with Gasteiger partial charge in [0.2, 0.25) is 0 Å². The third-order valence-corrected chi connectivity index (χ3v) is 6.45. The fraction of sp³-hybridized carbons (Fsp3) is 0.526. The molecule has 7 heteroatoms. The van der Waals surface area contributed by atoms with Gasteiger partial charge in [0, 0.05) is 11.1 Å². The van der Waals surface area contributed by atoms with Gasteiger partial charge in [0.15, 0.2) is 0 Å². The molecular formula is C19H29N2O4P. The SMILES string of the molecule is CCCCNC(c1cc2cc(C)ccc2[nH]c1=O)P(=O)(OCC)OCC. The number of unbranched alkanes of at least 4 members (excludes halogenated alkanes) is 1. The summed E-state index contributed by atoms with van der Waals surface area (Å²) < 4.78 is 24.5. The average Bonchev–Trinajstić information content (AvgIpc) is 2.59. The number of aryl methyl sites for hydroxylation is 1. The van der Waals surface area contributed by atoms with Crippen molar-refractivity contribution in [3.05, 3.63) is 45.7 Å². The highest BCUT2D eigenvalue weighted by molar-refractivity contribution is 7.54. The highest BCUT2D eigenvalue weighted by Crippen LogP contribution is 2.59. The number of pyridine rings is 1. The summed E-state index contributed by atoms with van der Waals surface area (Å²) in [7, 11) is -3.54. The third kappa shape index (κ3) is 4.83. The summed E-state index contributed by atoms with van der Waals surface area (Å²) in [5, 5.41) is 4.12. The lowest BCUT2D eigenvalue weighted by Gasteiger charge is -2.27. The monoisotopic (exact) mass is 380 g/mol. The standard InChI is InChI=1S/C19H29N2O4P/c1-5-8-11-20-19(26(23,24-6-2)25-7-3)16-13-15-12-14(4)9-10-17(15)21-18(16)22/h9-10,12-13,19-20H,5-8,11H2,1-4H3,(H,21,22). The lowest BCUT2D eigenvalue weighted by Crippen LogP contribution is -2.29. The van der Waals surface area contributed by atoms with Crippen LogP contribution in [0.15, 0.2) is 29.1 Å². The maximum atomic E-state index is 13.4. The van der Waals surface area contributed by atoms with Crippen LogP contribution in [0.2, 0.25) is 0 Å². The number of aromatic nitrogens is 1. The van der Waals surface area contributed by atoms with E-state index in [1.807, 2.05) is 25.1 Å². The van der Waals surface area contributed by atoms with Crippen molar-refractivity contribution in [1.82, 2.24) is 10.3 Å². The first kappa shape index (κ1) is 20.8. The van der Waals surface area contributed by atoms with Crippen molar-refractivity contribution < 1.29 is 13.6 Å². The van der Waals surface area contributed by atoms with Crippen molar-refractivity contribution in [1.29, 1.82) is 0 Å². The Balaban J connectivity index is 2.56. The molecule has 2 N–H and O–H groups in total. The van der Waals surface area contributed by atoms with Gasteiger partial charge in [0.05, 0.1) is 13.2 Å². The van der Waals surface area contributed by atoms with Crippen LogP contribution < -0.4 is 10.9 Å². The van der Waals surface area contributed by atoms with Crippen LogP contribution >= 0.6 is 7.60 Å². The molecule has 0 aliphatic heterocycles. The van der Waals surface area contributed by atoms with E-state index in [0.29, 0.717) is 12.1 Å². The number of nitrogens with one attached hydrogen (secondary N) is 2. The van der Waals surface area contributed by atoms with E-state index in [1.54, 1.807) is 19.9 Å². The van der Waals surface area contributed by atoms with Crippen molar-refractivity contribution in [2.75, 3.05) is 19.8 Å². The van der Waals surface area contributed by atoms with E-state index in [2.05, 4.69) is 17.2 Å². The highest BCUT2D eigenvalue weighted by Gasteiger charge is 2.38. The molecule has 6 nitrogen and oxygen atoms in total. The third-order valence-electron chi connectivity index (χ3n) is 4.13. The van der Waals surface area contributed by atoms with Crippen LogP contribution in [0.25, 0.3) is 10.9 Å². The van der Waals surface area contributed by atoms with E-state index in [9.17, 15) is 9.36 Å². The van der Waals surface area contributed by atoms with Crippen molar-refractivity contribution >= 4 is 18.5 Å². The van der Waals surface area contributed by atoms with E-state index in [0.717, 1.165) is 29.3 Å². The predicted molar refractivity (Wildman–Crippen MR) is 106 cm³/mol. The zero-order chi connectivity index (χ0) is 19.2. The molecule has 0 radical (unpaired) electrons. The maximum absolute atomic E-state index is 13.4. The average molecular weight is 380 g/mol. The number of rotatable bonds is 10. The van der Waals surface area contributed by atoms with Gasteiger partial charge in [-0.3, -0.25) is 14.7 Å². The maximum Gasteiger partial charge on any atom is 0.352 e. The second-order valence-electron chi connectivity index (χ2n) is 6.23. The first-order valence-corrected chi connectivity index (χ1v) is 10.8. The Morgan fingerprint density at radius 3 is 2.46 bits per heavy atom. The largest absolute Gasteiger partial charge is 0.352 e. The predicted octanol–water partition coefficient (Wildman–Crippen LogP) is 4.49. The van der Waals surface area contributed by atoms with Gasteiger partial charge in [0.25, 0.3) is 5.56 Å². The summed E-state index contributed by atoms with van der Waals surface area (Å²) in [6.45, 7) is 8.71. The molecule has 144 valence electrons. The van der Waals surface area contributed by atoms with Crippen molar-refractivity contribution in [2.24, 2.45) is 0 Å². The smallest absolute Gasteiger partial charge is 0.322 e. The van der Waals surface area contributed by atoms with Gasteiger partial charge in [-0.1, -0.05) is 25.0 Å². The van der Waals surface area contributed by atoms with Crippen molar-refractivity contribution in [2.45, 2.75) is 46.3 Å². The van der Waals surface area contributed by atoms with E-state index >= 15 is 0 Å². The van der Waals surface area contributed by atoms with Gasteiger partial charge in [-0.15, -0.1) is 0 Å². The molecule has 0 fully saturated rings. The van der Waals surface area contributed by atoms with Crippen LogP contribution in [-0.4, -0.2) is 24.7 Å². The molecule has 0 spiro atoms. The van der Waals surface area contributed by atoms with Gasteiger partial charge >= 0.3 is 7.60 Å². The van der Waals surface area contributed by atoms with Crippen LogP contribution in [0.5, 0.6) is 0 Å². The topological polar surface area (TPSA) is 80.4 Å². The number of hydrogen-bond donors (Lipinski definition) is 2. The number of aromatic amines is 1. The van der Waals surface area contributed by atoms with Gasteiger partial charge in [-0.05, 0) is 57.3 Å². The van der Waals surface area contributed by atoms with Crippen LogP contribution in [-0.2, 0) is 13.6 Å². The molecule has 0 saturated carbocycles. The quantitative estimate of drug-likeness (QED) is 0.469. The number of H-pyrrole nitrogens is 1. The van der Waals surface area contributed by atoms with Gasteiger partial charge < -0.3 is 14.0 Å². The second-order valence-corrected chi connectivity index (χ2v) is 8.34. The summed E-state index contributed by atoms with van der Waals surface area (Å²) in [6, 6.07) is 7.60. The molecule has 0 aliphatic rings. The number of hydrogen-bond acceptors (Lipinski definition) is 5. The lowest BCUT2D eigenvalue weighted by molar-refractivity contribution is 0.207. The molecular weight excluding hydrogens is 351 g/mol. The highest BCUT2D eigenvalue weighted by atomic mass is 31.2. The second kappa shape index (κ2) is 9.47. The van der Waals surface area contributed by atoms with Crippen molar-refractivity contribution in [3.63, 3.8) is 0 Å². The molecule has 0 bridgehead atoms. The lowest BCUT2D eigenvalue weighted by atomic mass is 10.1. The summed E-state index contributed by atoms with van der Waals surface area (Å²) in [5.41, 5.74) is 1.93. The van der Waals surface area contributed by atoms with Crippen LogP contribution in [0.3, 0.4) is 0 Å². The van der Waals surface area contributed by atoms with E-state index in [-0.39, 0.29) is 18.8 Å². The molecule has 1 atom stereocenters. The summed E-state index contributed by atoms with van der Waals surface area (Å²) in [5.74, 6) is -0.803. The van der Waals surface area contributed by atoms with Crippen molar-refractivity contribution in [3.8, 4) is 0 Å². The van der Waals surface area contributed by atoms with Gasteiger partial charge in [0.1, 0.15) is 5.78 Å². The molecule has 26 heavy (non-hydrogen) atoms. The molecule has 1 unspecified atom stereocenters. The van der Waals surface area contributed by atoms with Gasteiger partial charge in [-0.2, -0.15) is 0 Å². The minimum atomic E-state index is -3.54. The van der Waals surface area contributed by atoms with Gasteiger partial charge in [-0.25, -0.2) is 0 Å². The molecule has 1 aromatic carbocycles. The fourth-order valence-corrected chi connectivity index (χ4v) is 4.88.